The molecule has 0 saturated heterocycles. The van der Waals surface area contributed by atoms with Crippen LogP contribution in [0.3, 0.4) is 0 Å². The Balaban J connectivity index is 2.64. The zero-order chi connectivity index (χ0) is 10.6. The third-order valence-corrected chi connectivity index (χ3v) is 2.53. The number of aliphatic hydroxyl groups is 1. The molecule has 0 fully saturated rings. The molecule has 1 heterocycles. The van der Waals surface area contributed by atoms with Gasteiger partial charge in [0.25, 0.3) is 0 Å². The van der Waals surface area contributed by atoms with E-state index in [1.165, 1.54) is 0 Å². The highest BCUT2D eigenvalue weighted by Crippen LogP contribution is 2.21. The highest BCUT2D eigenvalue weighted by molar-refractivity contribution is 4.99. The van der Waals surface area contributed by atoms with Crippen molar-refractivity contribution in [2.75, 3.05) is 0 Å². The third-order valence-electron chi connectivity index (χ3n) is 2.53. The Morgan fingerprint density at radius 1 is 1.50 bits per heavy atom. The molecule has 0 aromatic carbocycles. The third kappa shape index (κ3) is 2.80. The Bertz CT molecular complexity index is 285. The Morgan fingerprint density at radius 3 is 2.64 bits per heavy atom. The lowest BCUT2D eigenvalue weighted by molar-refractivity contribution is 0.0261. The van der Waals surface area contributed by atoms with E-state index < -0.39 is 5.60 Å². The maximum Gasteiger partial charge on any atom is 0.0855 e. The van der Waals surface area contributed by atoms with Crippen LogP contribution in [0.2, 0.25) is 0 Å². The van der Waals surface area contributed by atoms with Crippen molar-refractivity contribution < 1.29 is 5.11 Å². The highest BCUT2D eigenvalue weighted by atomic mass is 16.3. The van der Waals surface area contributed by atoms with Crippen LogP contribution in [-0.4, -0.2) is 25.7 Å². The quantitative estimate of drug-likeness (QED) is 0.774. The van der Waals surface area contributed by atoms with Gasteiger partial charge in [-0.3, -0.25) is 4.68 Å². The minimum atomic E-state index is -0.606. The molecule has 0 aliphatic rings. The van der Waals surface area contributed by atoms with Crippen LogP contribution in [0.1, 0.15) is 38.8 Å². The average Bonchev–Trinajstić information content (AvgIpc) is 2.51. The Labute approximate surface area is 84.9 Å². The Hall–Kier alpha value is -0.900. The van der Waals surface area contributed by atoms with Gasteiger partial charge in [-0.05, 0) is 12.8 Å². The van der Waals surface area contributed by atoms with Crippen molar-refractivity contribution in [1.29, 1.82) is 0 Å². The zero-order valence-corrected chi connectivity index (χ0v) is 9.19. The van der Waals surface area contributed by atoms with Crippen molar-refractivity contribution in [1.82, 2.24) is 15.0 Å². The predicted molar refractivity (Wildman–Crippen MR) is 54.9 cm³/mol. The fraction of sp³-hybridized carbons (Fsp3) is 0.800. The summed E-state index contributed by atoms with van der Waals surface area (Å²) in [6.45, 7) is 4.09. The summed E-state index contributed by atoms with van der Waals surface area (Å²) in [6.07, 6.45) is 5.03. The minimum Gasteiger partial charge on any atom is -0.389 e. The van der Waals surface area contributed by atoms with Gasteiger partial charge in [0.05, 0.1) is 11.3 Å². The number of aromatic nitrogens is 3. The Kier molecular flexibility index (Phi) is 3.63. The summed E-state index contributed by atoms with van der Waals surface area (Å²) in [4.78, 5) is 0. The van der Waals surface area contributed by atoms with Gasteiger partial charge in [0.1, 0.15) is 0 Å². The van der Waals surface area contributed by atoms with Crippen molar-refractivity contribution in [2.24, 2.45) is 7.05 Å². The van der Waals surface area contributed by atoms with E-state index in [4.69, 9.17) is 0 Å². The average molecular weight is 197 g/mol. The summed E-state index contributed by atoms with van der Waals surface area (Å²) in [6, 6.07) is 0. The molecule has 80 valence electrons. The second kappa shape index (κ2) is 4.55. The molecular weight excluding hydrogens is 178 g/mol. The van der Waals surface area contributed by atoms with Gasteiger partial charge in [-0.1, -0.05) is 25.5 Å². The van der Waals surface area contributed by atoms with Crippen molar-refractivity contribution >= 4 is 0 Å². The molecule has 0 spiro atoms. The normalized spacial score (nSPS) is 15.4. The van der Waals surface area contributed by atoms with Gasteiger partial charge in [-0.25, -0.2) is 0 Å². The molecule has 4 heteroatoms. The standard InChI is InChI=1S/C10H19N3O/c1-4-6-10(14,5-2)7-9-8-13(3)12-11-9/h8,14H,4-7H2,1-3H3. The van der Waals surface area contributed by atoms with Crippen LogP contribution < -0.4 is 0 Å². The second-order valence-corrected chi connectivity index (χ2v) is 3.89. The van der Waals surface area contributed by atoms with Crippen molar-refractivity contribution in [3.05, 3.63) is 11.9 Å². The van der Waals surface area contributed by atoms with Crippen molar-refractivity contribution in [3.8, 4) is 0 Å². The van der Waals surface area contributed by atoms with Gasteiger partial charge >= 0.3 is 0 Å². The summed E-state index contributed by atoms with van der Waals surface area (Å²) in [5, 5.41) is 18.0. The fourth-order valence-electron chi connectivity index (χ4n) is 1.67. The lowest BCUT2D eigenvalue weighted by Crippen LogP contribution is -2.30. The largest absolute Gasteiger partial charge is 0.389 e. The van der Waals surface area contributed by atoms with Crippen LogP contribution in [0, 0.1) is 0 Å². The lowest BCUT2D eigenvalue weighted by atomic mass is 9.90. The summed E-state index contributed by atoms with van der Waals surface area (Å²) in [5.74, 6) is 0. The fourth-order valence-corrected chi connectivity index (χ4v) is 1.67. The molecule has 14 heavy (non-hydrogen) atoms. The summed E-state index contributed by atoms with van der Waals surface area (Å²) >= 11 is 0. The maximum atomic E-state index is 10.2. The molecule has 0 aliphatic heterocycles. The van der Waals surface area contributed by atoms with Crippen molar-refractivity contribution in [3.63, 3.8) is 0 Å². The van der Waals surface area contributed by atoms with Gasteiger partial charge in [-0.15, -0.1) is 5.10 Å². The first kappa shape index (κ1) is 11.2. The zero-order valence-electron chi connectivity index (χ0n) is 9.19. The van der Waals surface area contributed by atoms with Gasteiger partial charge in [0.15, 0.2) is 0 Å². The first-order valence-corrected chi connectivity index (χ1v) is 5.17. The monoisotopic (exact) mass is 197 g/mol. The van der Waals surface area contributed by atoms with Gasteiger partial charge in [0.2, 0.25) is 0 Å². The molecule has 1 aromatic heterocycles. The number of hydrogen-bond acceptors (Lipinski definition) is 3. The molecule has 0 aliphatic carbocycles. The smallest absolute Gasteiger partial charge is 0.0855 e. The molecule has 0 saturated carbocycles. The van der Waals surface area contributed by atoms with Crippen LogP contribution in [0.15, 0.2) is 6.20 Å². The Morgan fingerprint density at radius 2 is 2.21 bits per heavy atom. The molecule has 4 nitrogen and oxygen atoms in total. The number of rotatable bonds is 5. The molecular formula is C10H19N3O. The summed E-state index contributed by atoms with van der Waals surface area (Å²) in [7, 11) is 1.83. The van der Waals surface area contributed by atoms with Crippen LogP contribution in [0.25, 0.3) is 0 Å². The molecule has 0 radical (unpaired) electrons. The predicted octanol–water partition coefficient (Wildman–Crippen LogP) is 1.30. The van der Waals surface area contributed by atoms with E-state index in [1.54, 1.807) is 4.68 Å². The van der Waals surface area contributed by atoms with Gasteiger partial charge in [0, 0.05) is 19.7 Å². The first-order valence-electron chi connectivity index (χ1n) is 5.17. The van der Waals surface area contributed by atoms with E-state index in [1.807, 2.05) is 20.2 Å². The van der Waals surface area contributed by atoms with E-state index in [0.717, 1.165) is 25.0 Å². The topological polar surface area (TPSA) is 50.9 Å². The number of nitrogens with zero attached hydrogens (tertiary/aromatic N) is 3. The van der Waals surface area contributed by atoms with Gasteiger partial charge < -0.3 is 5.11 Å². The van der Waals surface area contributed by atoms with Crippen LogP contribution in [0.4, 0.5) is 0 Å². The second-order valence-electron chi connectivity index (χ2n) is 3.89. The van der Waals surface area contributed by atoms with E-state index >= 15 is 0 Å². The van der Waals surface area contributed by atoms with Crippen molar-refractivity contribution in [2.45, 2.75) is 45.1 Å². The molecule has 0 bridgehead atoms. The van der Waals surface area contributed by atoms with E-state index in [-0.39, 0.29) is 0 Å². The molecule has 1 atom stereocenters. The SMILES string of the molecule is CCCC(O)(CC)Cc1cn(C)nn1. The van der Waals surface area contributed by atoms with Crippen LogP contribution in [-0.2, 0) is 13.5 Å². The molecule has 1 N–H and O–H groups in total. The summed E-state index contributed by atoms with van der Waals surface area (Å²) in [5.41, 5.74) is 0.260. The van der Waals surface area contributed by atoms with Gasteiger partial charge in [-0.2, -0.15) is 0 Å². The molecule has 1 unspecified atom stereocenters. The van der Waals surface area contributed by atoms with E-state index in [0.29, 0.717) is 6.42 Å². The summed E-state index contributed by atoms with van der Waals surface area (Å²) < 4.78 is 1.66. The van der Waals surface area contributed by atoms with E-state index in [9.17, 15) is 5.11 Å². The van der Waals surface area contributed by atoms with Crippen LogP contribution in [0.5, 0.6) is 0 Å². The maximum absolute atomic E-state index is 10.2. The first-order chi connectivity index (χ1) is 6.59. The lowest BCUT2D eigenvalue weighted by Gasteiger charge is -2.24. The van der Waals surface area contributed by atoms with E-state index in [2.05, 4.69) is 17.2 Å². The molecule has 1 aromatic rings. The molecule has 1 rings (SSSR count). The molecule has 0 amide bonds. The number of hydrogen-bond donors (Lipinski definition) is 1. The van der Waals surface area contributed by atoms with Crippen LogP contribution >= 0.6 is 0 Å². The highest BCUT2D eigenvalue weighted by Gasteiger charge is 2.25. The number of aryl methyl sites for hydroxylation is 1. The minimum absolute atomic E-state index is 0.602.